The van der Waals surface area contributed by atoms with E-state index in [1.165, 1.54) is 0 Å². The van der Waals surface area contributed by atoms with Gasteiger partial charge in [0.25, 0.3) is 11.8 Å². The van der Waals surface area contributed by atoms with Crippen LogP contribution >= 0.6 is 11.3 Å². The summed E-state index contributed by atoms with van der Waals surface area (Å²) in [6, 6.07) is 14.2. The first kappa shape index (κ1) is 28.4. The predicted octanol–water partition coefficient (Wildman–Crippen LogP) is 5.79. The van der Waals surface area contributed by atoms with E-state index >= 15 is 0 Å². The van der Waals surface area contributed by atoms with Crippen molar-refractivity contribution in [3.8, 4) is 5.75 Å². The summed E-state index contributed by atoms with van der Waals surface area (Å²) in [4.78, 5) is 32.9. The molecule has 214 valence electrons. The van der Waals surface area contributed by atoms with Crippen molar-refractivity contribution in [1.29, 1.82) is 0 Å². The Hall–Kier alpha value is -4.18. The average Bonchev–Trinajstić information content (AvgIpc) is 3.72. The fourth-order valence-electron chi connectivity index (χ4n) is 5.08. The van der Waals surface area contributed by atoms with Crippen LogP contribution in [-0.4, -0.2) is 44.5 Å². The van der Waals surface area contributed by atoms with Crippen LogP contribution in [0.1, 0.15) is 80.7 Å². The summed E-state index contributed by atoms with van der Waals surface area (Å²) in [6.07, 6.45) is 3.21. The summed E-state index contributed by atoms with van der Waals surface area (Å²) in [5, 5.41) is 23.5. The molecule has 9 nitrogen and oxygen atoms in total. The van der Waals surface area contributed by atoms with Crippen LogP contribution in [0.25, 0.3) is 0 Å². The lowest BCUT2D eigenvalue weighted by Crippen LogP contribution is -2.33. The van der Waals surface area contributed by atoms with Crippen LogP contribution < -0.4 is 10.6 Å². The first-order valence-corrected chi connectivity index (χ1v) is 14.8. The fourth-order valence-corrected chi connectivity index (χ4v) is 6.02. The van der Waals surface area contributed by atoms with Crippen LogP contribution in [0.5, 0.6) is 5.75 Å². The molecule has 1 fully saturated rings. The lowest BCUT2D eigenvalue weighted by atomic mass is 10.0. The number of carbonyl (C=O) groups excluding carboxylic acids is 2. The molecule has 0 bridgehead atoms. The Morgan fingerprint density at radius 1 is 1.15 bits per heavy atom. The van der Waals surface area contributed by atoms with Crippen molar-refractivity contribution >= 4 is 28.8 Å². The van der Waals surface area contributed by atoms with Gasteiger partial charge in [-0.3, -0.25) is 9.59 Å². The summed E-state index contributed by atoms with van der Waals surface area (Å²) in [5.41, 5.74) is 4.32. The molecule has 0 aliphatic carbocycles. The van der Waals surface area contributed by atoms with Gasteiger partial charge < -0.3 is 25.2 Å². The zero-order valence-corrected chi connectivity index (χ0v) is 24.3. The topological polar surface area (TPSA) is 121 Å². The van der Waals surface area contributed by atoms with Crippen molar-refractivity contribution in [3.63, 3.8) is 0 Å². The SMILES string of the molecule is Cc1cc(CNc2ccc(CC[C@H](C)NC(=O)c3cccc(C(=O)N4CCC[C@@H]4c4nc(C)cs4)c3)cc2O)on1. The molecule has 2 aromatic heterocycles. The predicted molar refractivity (Wildman–Crippen MR) is 158 cm³/mol. The van der Waals surface area contributed by atoms with Gasteiger partial charge in [0, 0.05) is 40.9 Å². The Morgan fingerprint density at radius 2 is 1.98 bits per heavy atom. The van der Waals surface area contributed by atoms with E-state index in [0.29, 0.717) is 48.5 Å². The van der Waals surface area contributed by atoms with Gasteiger partial charge in [0.05, 0.1) is 24.0 Å². The number of nitrogens with one attached hydrogen (secondary N) is 2. The van der Waals surface area contributed by atoms with Crippen molar-refractivity contribution in [3.05, 3.63) is 92.8 Å². The lowest BCUT2D eigenvalue weighted by Gasteiger charge is -2.23. The molecule has 41 heavy (non-hydrogen) atoms. The third-order valence-corrected chi connectivity index (χ3v) is 8.31. The maximum absolute atomic E-state index is 13.4. The van der Waals surface area contributed by atoms with Gasteiger partial charge >= 0.3 is 0 Å². The molecule has 0 spiro atoms. The minimum Gasteiger partial charge on any atom is -0.506 e. The molecule has 0 radical (unpaired) electrons. The van der Waals surface area contributed by atoms with Crippen molar-refractivity contribution in [2.24, 2.45) is 0 Å². The molecular weight excluding hydrogens is 538 g/mol. The molecule has 3 N–H and O–H groups in total. The van der Waals surface area contributed by atoms with E-state index in [9.17, 15) is 14.7 Å². The molecular formula is C31H35N5O4S. The maximum atomic E-state index is 13.4. The van der Waals surface area contributed by atoms with Gasteiger partial charge in [-0.05, 0) is 82.3 Å². The normalized spacial score (nSPS) is 15.6. The van der Waals surface area contributed by atoms with E-state index in [4.69, 9.17) is 4.52 Å². The van der Waals surface area contributed by atoms with E-state index in [0.717, 1.165) is 34.8 Å². The number of nitrogens with zero attached hydrogens (tertiary/aromatic N) is 3. The third-order valence-electron chi connectivity index (χ3n) is 7.24. The second-order valence-electron chi connectivity index (χ2n) is 10.6. The molecule has 2 atom stereocenters. The molecule has 1 saturated heterocycles. The molecule has 0 unspecified atom stereocenters. The highest BCUT2D eigenvalue weighted by atomic mass is 32.1. The van der Waals surface area contributed by atoms with Crippen LogP contribution in [0.4, 0.5) is 5.69 Å². The number of aryl methyl sites for hydroxylation is 3. The van der Waals surface area contributed by atoms with E-state index in [-0.39, 0.29) is 29.6 Å². The Labute approximate surface area is 243 Å². The second kappa shape index (κ2) is 12.6. The summed E-state index contributed by atoms with van der Waals surface area (Å²) in [7, 11) is 0. The number of hydrogen-bond donors (Lipinski definition) is 3. The van der Waals surface area contributed by atoms with Crippen LogP contribution in [0.2, 0.25) is 0 Å². The van der Waals surface area contributed by atoms with Gasteiger partial charge in [0.2, 0.25) is 0 Å². The molecule has 1 aliphatic rings. The number of hydrogen-bond acceptors (Lipinski definition) is 8. The number of phenols is 1. The van der Waals surface area contributed by atoms with Crippen LogP contribution in [0.3, 0.4) is 0 Å². The molecule has 1 aliphatic heterocycles. The van der Waals surface area contributed by atoms with Gasteiger partial charge in [0.15, 0.2) is 5.76 Å². The number of likely N-dealkylation sites (tertiary alicyclic amines) is 1. The number of aromatic nitrogens is 2. The summed E-state index contributed by atoms with van der Waals surface area (Å²) in [5.74, 6) is 0.557. The summed E-state index contributed by atoms with van der Waals surface area (Å²) >= 11 is 1.59. The van der Waals surface area contributed by atoms with Crippen molar-refractivity contribution in [2.75, 3.05) is 11.9 Å². The van der Waals surface area contributed by atoms with Crippen molar-refractivity contribution < 1.29 is 19.2 Å². The highest BCUT2D eigenvalue weighted by Crippen LogP contribution is 2.35. The van der Waals surface area contributed by atoms with Gasteiger partial charge in [-0.1, -0.05) is 17.3 Å². The second-order valence-corrected chi connectivity index (χ2v) is 11.5. The molecule has 0 saturated carbocycles. The Kier molecular flexibility index (Phi) is 8.68. The maximum Gasteiger partial charge on any atom is 0.254 e. The largest absolute Gasteiger partial charge is 0.506 e. The zero-order chi connectivity index (χ0) is 28.9. The summed E-state index contributed by atoms with van der Waals surface area (Å²) in [6.45, 7) is 6.88. The quantitative estimate of drug-likeness (QED) is 0.205. The number of aromatic hydroxyl groups is 1. The highest BCUT2D eigenvalue weighted by Gasteiger charge is 2.32. The van der Waals surface area contributed by atoms with E-state index in [1.54, 1.807) is 41.7 Å². The van der Waals surface area contributed by atoms with Gasteiger partial charge in [0.1, 0.15) is 10.8 Å². The number of anilines is 1. The van der Waals surface area contributed by atoms with E-state index < -0.39 is 0 Å². The molecule has 2 aromatic carbocycles. The molecule has 2 amide bonds. The number of amides is 2. The molecule has 5 rings (SSSR count). The third kappa shape index (κ3) is 6.94. The monoisotopic (exact) mass is 573 g/mol. The van der Waals surface area contributed by atoms with Crippen molar-refractivity contribution in [2.45, 2.75) is 65.1 Å². The van der Waals surface area contributed by atoms with Crippen LogP contribution in [-0.2, 0) is 13.0 Å². The average molecular weight is 574 g/mol. The number of rotatable bonds is 10. The Morgan fingerprint density at radius 3 is 2.71 bits per heavy atom. The minimum absolute atomic E-state index is 0.0134. The smallest absolute Gasteiger partial charge is 0.254 e. The Balaban J connectivity index is 1.14. The van der Waals surface area contributed by atoms with Crippen LogP contribution in [0.15, 0.2) is 58.4 Å². The first-order valence-electron chi connectivity index (χ1n) is 13.9. The van der Waals surface area contributed by atoms with Gasteiger partial charge in [-0.25, -0.2) is 4.98 Å². The summed E-state index contributed by atoms with van der Waals surface area (Å²) < 4.78 is 5.19. The van der Waals surface area contributed by atoms with Gasteiger partial charge in [-0.2, -0.15) is 0 Å². The molecule has 4 aromatic rings. The fraction of sp³-hybridized carbons (Fsp3) is 0.355. The van der Waals surface area contributed by atoms with Gasteiger partial charge in [-0.15, -0.1) is 11.3 Å². The lowest BCUT2D eigenvalue weighted by molar-refractivity contribution is 0.0735. The van der Waals surface area contributed by atoms with Crippen molar-refractivity contribution in [1.82, 2.24) is 20.4 Å². The molecule has 3 heterocycles. The first-order chi connectivity index (χ1) is 19.8. The zero-order valence-electron chi connectivity index (χ0n) is 23.5. The number of phenolic OH excluding ortho intramolecular Hbond substituents is 1. The Bertz CT molecular complexity index is 1530. The van der Waals surface area contributed by atoms with E-state index in [2.05, 4.69) is 20.8 Å². The highest BCUT2D eigenvalue weighted by molar-refractivity contribution is 7.09. The van der Waals surface area contributed by atoms with E-state index in [1.807, 2.05) is 49.3 Å². The minimum atomic E-state index is -0.217. The standard InChI is InChI=1S/C31H35N5O4S/c1-19(9-10-22-11-12-26(28(37)15-22)32-17-25-14-20(2)35-40-25)33-29(38)23-6-4-7-24(16-23)31(39)36-13-5-8-27(36)30-34-21(3)18-41-30/h4,6-7,11-12,14-16,18-19,27,32,37H,5,8-10,13,17H2,1-3H3,(H,33,38)/t19-,27+/m0/s1. The molecule has 10 heteroatoms. The van der Waals surface area contributed by atoms with Crippen LogP contribution in [0, 0.1) is 13.8 Å². The number of carbonyl (C=O) groups is 2. The number of thiazole rings is 1. The number of benzene rings is 2.